The highest BCUT2D eigenvalue weighted by molar-refractivity contribution is 5.45. The lowest BCUT2D eigenvalue weighted by Crippen LogP contribution is -2.12. The van der Waals surface area contributed by atoms with Crippen molar-refractivity contribution < 1.29 is 14.6 Å². The average molecular weight is 288 g/mol. The van der Waals surface area contributed by atoms with Crippen molar-refractivity contribution in [2.24, 2.45) is 0 Å². The van der Waals surface area contributed by atoms with E-state index in [2.05, 4.69) is 11.8 Å². The smallest absolute Gasteiger partial charge is 0.119 e. The molecule has 0 spiro atoms. The molecular weight excluding hydrogens is 264 g/mol. The van der Waals surface area contributed by atoms with Crippen molar-refractivity contribution in [3.05, 3.63) is 29.3 Å². The Morgan fingerprint density at radius 1 is 1.19 bits per heavy atom. The third kappa shape index (κ3) is 5.08. The number of hydrogen-bond donors (Lipinski definition) is 1. The van der Waals surface area contributed by atoms with E-state index in [0.717, 1.165) is 29.7 Å². The number of ether oxygens (including phenoxy) is 2. The third-order valence-electron chi connectivity index (χ3n) is 3.89. The quantitative estimate of drug-likeness (QED) is 0.682. The largest absolute Gasteiger partial charge is 0.497 e. The lowest BCUT2D eigenvalue weighted by atomic mass is 10.1. The minimum absolute atomic E-state index is 0.130. The van der Waals surface area contributed by atoms with Gasteiger partial charge >= 0.3 is 0 Å². The number of benzene rings is 1. The predicted molar refractivity (Wildman–Crippen MR) is 83.2 cm³/mol. The molecule has 0 radical (unpaired) electrons. The molecule has 1 saturated carbocycles. The summed E-state index contributed by atoms with van der Waals surface area (Å²) >= 11 is 0. The Kier molecular flexibility index (Phi) is 6.59. The van der Waals surface area contributed by atoms with Crippen molar-refractivity contribution >= 4 is 0 Å². The lowest BCUT2D eigenvalue weighted by molar-refractivity contribution is 0.0308. The number of hydrogen-bond acceptors (Lipinski definition) is 3. The summed E-state index contributed by atoms with van der Waals surface area (Å²) in [5.41, 5.74) is 1.93. The van der Waals surface area contributed by atoms with Crippen molar-refractivity contribution in [2.45, 2.75) is 51.2 Å². The molecule has 1 aromatic carbocycles. The second-order valence-electron chi connectivity index (χ2n) is 5.41. The lowest BCUT2D eigenvalue weighted by Gasteiger charge is -2.16. The van der Waals surface area contributed by atoms with Crippen molar-refractivity contribution in [3.63, 3.8) is 0 Å². The van der Waals surface area contributed by atoms with Crippen LogP contribution in [0.15, 0.2) is 18.2 Å². The molecule has 1 fully saturated rings. The van der Waals surface area contributed by atoms with Gasteiger partial charge in [0.2, 0.25) is 0 Å². The Morgan fingerprint density at radius 3 is 2.62 bits per heavy atom. The van der Waals surface area contributed by atoms with E-state index >= 15 is 0 Å². The number of aliphatic hydroxyl groups is 1. The zero-order chi connectivity index (χ0) is 14.9. The molecule has 114 valence electrons. The third-order valence-corrected chi connectivity index (χ3v) is 3.89. The Labute approximate surface area is 127 Å². The first-order valence-corrected chi connectivity index (χ1v) is 7.71. The molecule has 0 saturated heterocycles. The summed E-state index contributed by atoms with van der Waals surface area (Å²) in [4.78, 5) is 0. The normalized spacial score (nSPS) is 15.9. The fourth-order valence-corrected chi connectivity index (χ4v) is 2.69. The van der Waals surface area contributed by atoms with Crippen LogP contribution >= 0.6 is 0 Å². The van der Waals surface area contributed by atoms with Gasteiger partial charge in [-0.1, -0.05) is 37.5 Å². The second-order valence-corrected chi connectivity index (χ2v) is 5.41. The van der Waals surface area contributed by atoms with Crippen LogP contribution in [-0.4, -0.2) is 24.9 Å². The molecule has 1 N–H and O–H groups in total. The molecule has 0 unspecified atom stereocenters. The highest BCUT2D eigenvalue weighted by Crippen LogP contribution is 2.23. The molecule has 1 aliphatic rings. The molecule has 3 heteroatoms. The molecule has 0 bridgehead atoms. The van der Waals surface area contributed by atoms with E-state index in [9.17, 15) is 0 Å². The maximum Gasteiger partial charge on any atom is 0.119 e. The summed E-state index contributed by atoms with van der Waals surface area (Å²) in [6.45, 7) is 0.423. The van der Waals surface area contributed by atoms with E-state index < -0.39 is 0 Å². The monoisotopic (exact) mass is 288 g/mol. The van der Waals surface area contributed by atoms with Crippen LogP contribution in [0.1, 0.15) is 49.7 Å². The van der Waals surface area contributed by atoms with Gasteiger partial charge in [-0.2, -0.15) is 0 Å². The molecule has 21 heavy (non-hydrogen) atoms. The van der Waals surface area contributed by atoms with Gasteiger partial charge in [0.1, 0.15) is 12.4 Å². The topological polar surface area (TPSA) is 38.7 Å². The van der Waals surface area contributed by atoms with Gasteiger partial charge in [-0.15, -0.1) is 0 Å². The SMILES string of the molecule is COc1ccc(C#CCO)c(COC2CCCCCC2)c1. The van der Waals surface area contributed by atoms with Crippen molar-refractivity contribution in [1.82, 2.24) is 0 Å². The molecule has 3 nitrogen and oxygen atoms in total. The van der Waals surface area contributed by atoms with E-state index in [-0.39, 0.29) is 6.61 Å². The first-order chi connectivity index (χ1) is 10.3. The highest BCUT2D eigenvalue weighted by Gasteiger charge is 2.13. The summed E-state index contributed by atoms with van der Waals surface area (Å²) < 4.78 is 11.4. The standard InChI is InChI=1S/C18H24O3/c1-20-18-11-10-15(7-6-12-19)16(13-18)14-21-17-8-4-2-3-5-9-17/h10-11,13,17,19H,2-5,8-9,12,14H2,1H3. The predicted octanol–water partition coefficient (Wildman–Crippen LogP) is 3.28. The molecule has 1 aliphatic carbocycles. The summed E-state index contributed by atoms with van der Waals surface area (Å²) in [6.07, 6.45) is 7.85. The fraction of sp³-hybridized carbons (Fsp3) is 0.556. The maximum atomic E-state index is 8.85. The molecule has 1 aromatic rings. The minimum atomic E-state index is -0.130. The van der Waals surface area contributed by atoms with E-state index in [4.69, 9.17) is 14.6 Å². The van der Waals surface area contributed by atoms with Gasteiger partial charge in [0.25, 0.3) is 0 Å². The fourth-order valence-electron chi connectivity index (χ4n) is 2.69. The van der Waals surface area contributed by atoms with Crippen LogP contribution in [0.3, 0.4) is 0 Å². The van der Waals surface area contributed by atoms with E-state index in [1.54, 1.807) is 7.11 Å². The Balaban J connectivity index is 2.05. The van der Waals surface area contributed by atoms with Crippen LogP contribution in [-0.2, 0) is 11.3 Å². The second kappa shape index (κ2) is 8.71. The zero-order valence-electron chi connectivity index (χ0n) is 12.7. The molecule has 2 rings (SSSR count). The zero-order valence-corrected chi connectivity index (χ0v) is 12.7. The first kappa shape index (κ1) is 15.9. The van der Waals surface area contributed by atoms with Crippen LogP contribution in [0, 0.1) is 11.8 Å². The molecule has 0 aromatic heterocycles. The number of rotatable bonds is 4. The Hall–Kier alpha value is -1.50. The van der Waals surface area contributed by atoms with Crippen molar-refractivity contribution in [3.8, 4) is 17.6 Å². The number of aliphatic hydroxyl groups excluding tert-OH is 1. The van der Waals surface area contributed by atoms with Gasteiger partial charge in [-0.05, 0) is 36.6 Å². The van der Waals surface area contributed by atoms with Gasteiger partial charge in [0.15, 0.2) is 0 Å². The van der Waals surface area contributed by atoms with Gasteiger partial charge < -0.3 is 14.6 Å². The molecule has 0 atom stereocenters. The molecule has 0 amide bonds. The van der Waals surface area contributed by atoms with Crippen LogP contribution in [0.4, 0.5) is 0 Å². The van der Waals surface area contributed by atoms with E-state index in [1.807, 2.05) is 18.2 Å². The number of methoxy groups -OCH3 is 1. The average Bonchev–Trinajstić information content (AvgIpc) is 2.80. The minimum Gasteiger partial charge on any atom is -0.497 e. The van der Waals surface area contributed by atoms with E-state index in [1.165, 1.54) is 25.7 Å². The summed E-state index contributed by atoms with van der Waals surface area (Å²) in [5.74, 6) is 6.49. The summed E-state index contributed by atoms with van der Waals surface area (Å²) in [7, 11) is 1.66. The van der Waals surface area contributed by atoms with Gasteiger partial charge in [0.05, 0.1) is 19.8 Å². The van der Waals surface area contributed by atoms with Crippen LogP contribution in [0.2, 0.25) is 0 Å². The van der Waals surface area contributed by atoms with Crippen LogP contribution < -0.4 is 4.74 Å². The van der Waals surface area contributed by atoms with Crippen LogP contribution in [0.25, 0.3) is 0 Å². The van der Waals surface area contributed by atoms with E-state index in [0.29, 0.717) is 12.7 Å². The Morgan fingerprint density at radius 2 is 1.95 bits per heavy atom. The molecule has 0 heterocycles. The first-order valence-electron chi connectivity index (χ1n) is 7.71. The van der Waals surface area contributed by atoms with Crippen LogP contribution in [0.5, 0.6) is 5.75 Å². The summed E-state index contributed by atoms with van der Waals surface area (Å²) in [6, 6.07) is 5.78. The van der Waals surface area contributed by atoms with Gasteiger partial charge in [-0.3, -0.25) is 0 Å². The Bertz CT molecular complexity index is 491. The van der Waals surface area contributed by atoms with Gasteiger partial charge in [-0.25, -0.2) is 0 Å². The van der Waals surface area contributed by atoms with Crippen molar-refractivity contribution in [2.75, 3.05) is 13.7 Å². The van der Waals surface area contributed by atoms with Gasteiger partial charge in [0, 0.05) is 5.56 Å². The molecule has 0 aliphatic heterocycles. The summed E-state index contributed by atoms with van der Waals surface area (Å²) in [5, 5.41) is 8.85. The maximum absolute atomic E-state index is 8.85. The molecular formula is C18H24O3. The highest BCUT2D eigenvalue weighted by atomic mass is 16.5. The van der Waals surface area contributed by atoms with Crippen molar-refractivity contribution in [1.29, 1.82) is 0 Å².